The summed E-state index contributed by atoms with van der Waals surface area (Å²) in [5.74, 6) is 0.737. The van der Waals surface area contributed by atoms with Gasteiger partial charge in [0.25, 0.3) is 0 Å². The average molecular weight is 227 g/mol. The van der Waals surface area contributed by atoms with Gasteiger partial charge in [0, 0.05) is 12.6 Å². The van der Waals surface area contributed by atoms with Gasteiger partial charge in [-0.15, -0.1) is 0 Å². The van der Waals surface area contributed by atoms with E-state index in [4.69, 9.17) is 4.74 Å². The van der Waals surface area contributed by atoms with Gasteiger partial charge in [-0.3, -0.25) is 4.79 Å². The molecule has 0 aromatic heterocycles. The number of carbonyl (C=O) groups is 1. The van der Waals surface area contributed by atoms with Crippen molar-refractivity contribution in [3.63, 3.8) is 0 Å². The first-order valence-electron chi connectivity index (χ1n) is 6.24. The number of hydrogen-bond acceptors (Lipinski definition) is 2. The Balaban J connectivity index is 2.47. The first kappa shape index (κ1) is 13.5. The van der Waals surface area contributed by atoms with Gasteiger partial charge in [0.15, 0.2) is 0 Å². The van der Waals surface area contributed by atoms with E-state index in [0.29, 0.717) is 12.0 Å². The van der Waals surface area contributed by atoms with Crippen molar-refractivity contribution in [3.05, 3.63) is 0 Å². The summed E-state index contributed by atoms with van der Waals surface area (Å²) in [4.78, 5) is 14.0. The van der Waals surface area contributed by atoms with Crippen LogP contribution in [0, 0.1) is 5.92 Å². The van der Waals surface area contributed by atoms with Crippen LogP contribution in [0.5, 0.6) is 0 Å². The van der Waals surface area contributed by atoms with Crippen molar-refractivity contribution in [2.45, 2.75) is 59.1 Å². The fourth-order valence-electron chi connectivity index (χ4n) is 2.05. The maximum absolute atomic E-state index is 12.0. The van der Waals surface area contributed by atoms with E-state index >= 15 is 0 Å². The average Bonchev–Trinajstić information content (AvgIpc) is 2.17. The van der Waals surface area contributed by atoms with Crippen molar-refractivity contribution in [1.82, 2.24) is 4.90 Å². The lowest BCUT2D eigenvalue weighted by Gasteiger charge is -2.38. The molecule has 3 heteroatoms. The van der Waals surface area contributed by atoms with Gasteiger partial charge < -0.3 is 9.64 Å². The predicted octanol–water partition coefficient (Wildman–Crippen LogP) is 2.45. The van der Waals surface area contributed by atoms with Crippen molar-refractivity contribution in [1.29, 1.82) is 0 Å². The van der Waals surface area contributed by atoms with E-state index < -0.39 is 0 Å². The molecule has 0 bridgehead atoms. The summed E-state index contributed by atoms with van der Waals surface area (Å²) >= 11 is 0. The highest BCUT2D eigenvalue weighted by atomic mass is 16.5. The minimum atomic E-state index is -0.236. The molecule has 0 aliphatic carbocycles. The predicted molar refractivity (Wildman–Crippen MR) is 65.3 cm³/mol. The van der Waals surface area contributed by atoms with Gasteiger partial charge in [-0.1, -0.05) is 6.92 Å². The van der Waals surface area contributed by atoms with Gasteiger partial charge in [0.2, 0.25) is 5.91 Å². The van der Waals surface area contributed by atoms with Crippen molar-refractivity contribution in [2.24, 2.45) is 5.92 Å². The second kappa shape index (κ2) is 5.17. The molecule has 2 atom stereocenters. The van der Waals surface area contributed by atoms with Crippen molar-refractivity contribution < 1.29 is 9.53 Å². The van der Waals surface area contributed by atoms with Crippen LogP contribution in [-0.4, -0.2) is 35.6 Å². The van der Waals surface area contributed by atoms with Crippen molar-refractivity contribution in [3.8, 4) is 0 Å². The second-order valence-electron chi connectivity index (χ2n) is 5.85. The van der Waals surface area contributed by atoms with Crippen LogP contribution in [0.1, 0.15) is 47.5 Å². The molecule has 0 aromatic rings. The monoisotopic (exact) mass is 227 g/mol. The van der Waals surface area contributed by atoms with Gasteiger partial charge in [-0.05, 0) is 46.5 Å². The number of hydrogen-bond donors (Lipinski definition) is 0. The summed E-state index contributed by atoms with van der Waals surface area (Å²) in [5.41, 5.74) is -0.236. The Hall–Kier alpha value is -0.570. The highest BCUT2D eigenvalue weighted by Crippen LogP contribution is 2.23. The van der Waals surface area contributed by atoms with Crippen LogP contribution < -0.4 is 0 Å². The Morgan fingerprint density at radius 3 is 2.56 bits per heavy atom. The van der Waals surface area contributed by atoms with E-state index in [1.807, 2.05) is 25.7 Å². The summed E-state index contributed by atoms with van der Waals surface area (Å²) < 4.78 is 5.54. The summed E-state index contributed by atoms with van der Waals surface area (Å²) in [6.45, 7) is 11.4. The van der Waals surface area contributed by atoms with E-state index in [9.17, 15) is 4.79 Å². The molecule has 0 spiro atoms. The number of ether oxygens (including phenoxy) is 1. The van der Waals surface area contributed by atoms with Crippen LogP contribution in [0.4, 0.5) is 0 Å². The number of rotatable bonds is 2. The van der Waals surface area contributed by atoms with Gasteiger partial charge in [0.05, 0.1) is 5.60 Å². The lowest BCUT2D eigenvalue weighted by Crippen LogP contribution is -2.48. The molecule has 94 valence electrons. The number of nitrogens with zero attached hydrogens (tertiary/aromatic N) is 1. The van der Waals surface area contributed by atoms with E-state index in [1.165, 1.54) is 6.42 Å². The van der Waals surface area contributed by atoms with Crippen LogP contribution in [0.15, 0.2) is 0 Å². The fourth-order valence-corrected chi connectivity index (χ4v) is 2.05. The van der Waals surface area contributed by atoms with Crippen LogP contribution in [0.2, 0.25) is 0 Å². The minimum Gasteiger partial charge on any atom is -0.366 e. The van der Waals surface area contributed by atoms with Gasteiger partial charge >= 0.3 is 0 Å². The first-order valence-corrected chi connectivity index (χ1v) is 6.24. The molecule has 1 heterocycles. The molecule has 1 amide bonds. The molecule has 1 aliphatic heterocycles. The molecule has 3 nitrogen and oxygen atoms in total. The Bertz CT molecular complexity index is 245. The van der Waals surface area contributed by atoms with Crippen LogP contribution in [0.3, 0.4) is 0 Å². The molecule has 0 aromatic carbocycles. The zero-order valence-electron chi connectivity index (χ0n) is 11.2. The lowest BCUT2D eigenvalue weighted by atomic mass is 9.92. The summed E-state index contributed by atoms with van der Waals surface area (Å²) in [6, 6.07) is 0.352. The van der Waals surface area contributed by atoms with Crippen LogP contribution in [-0.2, 0) is 9.53 Å². The standard InChI is InChI=1S/C13H25NO2/c1-10-7-6-8-14(11(10)2)12(15)9-16-13(3,4)5/h10-11H,6-9H2,1-5H3. The fraction of sp³-hybridized carbons (Fsp3) is 0.923. The van der Waals surface area contributed by atoms with E-state index in [-0.39, 0.29) is 18.1 Å². The largest absolute Gasteiger partial charge is 0.366 e. The molecular formula is C13H25NO2. The highest BCUT2D eigenvalue weighted by molar-refractivity contribution is 5.77. The molecule has 2 unspecified atom stereocenters. The number of likely N-dealkylation sites (tertiary alicyclic amines) is 1. The third-order valence-electron chi connectivity index (χ3n) is 3.32. The van der Waals surface area contributed by atoms with E-state index in [1.54, 1.807) is 0 Å². The van der Waals surface area contributed by atoms with Crippen molar-refractivity contribution >= 4 is 5.91 Å². The zero-order chi connectivity index (χ0) is 12.3. The molecule has 1 fully saturated rings. The van der Waals surface area contributed by atoms with Crippen molar-refractivity contribution in [2.75, 3.05) is 13.2 Å². The normalized spacial score (nSPS) is 26.9. The Kier molecular flexibility index (Phi) is 4.36. The van der Waals surface area contributed by atoms with E-state index in [2.05, 4.69) is 13.8 Å². The highest BCUT2D eigenvalue weighted by Gasteiger charge is 2.28. The van der Waals surface area contributed by atoms with Gasteiger partial charge in [0.1, 0.15) is 6.61 Å². The molecule has 0 radical (unpaired) electrons. The molecule has 0 N–H and O–H groups in total. The van der Waals surface area contributed by atoms with Gasteiger partial charge in [-0.2, -0.15) is 0 Å². The third-order valence-corrected chi connectivity index (χ3v) is 3.32. The van der Waals surface area contributed by atoms with Crippen LogP contribution >= 0.6 is 0 Å². The minimum absolute atomic E-state index is 0.133. The quantitative estimate of drug-likeness (QED) is 0.725. The third kappa shape index (κ3) is 3.78. The van der Waals surface area contributed by atoms with Gasteiger partial charge in [-0.25, -0.2) is 0 Å². The summed E-state index contributed by atoms with van der Waals surface area (Å²) in [5, 5.41) is 0. The number of amides is 1. The molecular weight excluding hydrogens is 202 g/mol. The molecule has 16 heavy (non-hydrogen) atoms. The SMILES string of the molecule is CC1CCCN(C(=O)COC(C)(C)C)C1C. The zero-order valence-corrected chi connectivity index (χ0v) is 11.2. The maximum Gasteiger partial charge on any atom is 0.248 e. The molecule has 1 saturated heterocycles. The lowest BCUT2D eigenvalue weighted by molar-refractivity contribution is -0.145. The smallest absolute Gasteiger partial charge is 0.248 e. The molecule has 1 aliphatic rings. The summed E-state index contributed by atoms with van der Waals surface area (Å²) in [7, 11) is 0. The number of carbonyl (C=O) groups excluding carboxylic acids is 1. The summed E-state index contributed by atoms with van der Waals surface area (Å²) in [6.07, 6.45) is 2.35. The first-order chi connectivity index (χ1) is 7.31. The second-order valence-corrected chi connectivity index (χ2v) is 5.85. The Morgan fingerprint density at radius 2 is 2.00 bits per heavy atom. The topological polar surface area (TPSA) is 29.5 Å². The Labute approximate surface area is 99.1 Å². The Morgan fingerprint density at radius 1 is 1.38 bits per heavy atom. The maximum atomic E-state index is 12.0. The number of piperidine rings is 1. The van der Waals surface area contributed by atoms with Crippen LogP contribution in [0.25, 0.3) is 0 Å². The molecule has 1 rings (SSSR count). The molecule has 0 saturated carbocycles. The van der Waals surface area contributed by atoms with E-state index in [0.717, 1.165) is 13.0 Å².